The minimum absolute atomic E-state index is 0.0654. The van der Waals surface area contributed by atoms with Crippen LogP contribution in [-0.2, 0) is 4.79 Å². The zero-order chi connectivity index (χ0) is 13.3. The second kappa shape index (κ2) is 4.68. The zero-order valence-corrected chi connectivity index (χ0v) is 10.1. The van der Waals surface area contributed by atoms with Crippen LogP contribution in [0.25, 0.3) is 0 Å². The van der Waals surface area contributed by atoms with Crippen LogP contribution in [0.5, 0.6) is 5.75 Å². The van der Waals surface area contributed by atoms with Gasteiger partial charge < -0.3 is 15.1 Å². The number of likely N-dealkylation sites (tertiary alicyclic amines) is 1. The summed E-state index contributed by atoms with van der Waals surface area (Å²) in [5, 5.41) is 18.6. The van der Waals surface area contributed by atoms with Crippen molar-refractivity contribution in [3.63, 3.8) is 0 Å². The highest BCUT2D eigenvalue weighted by atomic mass is 16.4. The summed E-state index contributed by atoms with van der Waals surface area (Å²) in [6.07, 6.45) is 0.466. The van der Waals surface area contributed by atoms with Crippen molar-refractivity contribution >= 4 is 11.9 Å². The first-order valence-electron chi connectivity index (χ1n) is 5.80. The molecule has 1 aliphatic heterocycles. The summed E-state index contributed by atoms with van der Waals surface area (Å²) in [4.78, 5) is 24.5. The Morgan fingerprint density at radius 1 is 1.39 bits per heavy atom. The Hall–Kier alpha value is -2.04. The molecule has 1 amide bonds. The predicted molar refractivity (Wildman–Crippen MR) is 64.5 cm³/mol. The Labute approximate surface area is 105 Å². The number of aryl methyl sites for hydroxylation is 1. The summed E-state index contributed by atoms with van der Waals surface area (Å²) < 4.78 is 0. The molecular weight excluding hydrogens is 234 g/mol. The van der Waals surface area contributed by atoms with Gasteiger partial charge in [-0.05, 0) is 25.5 Å². The number of carbonyl (C=O) groups excluding carboxylic acids is 1. The van der Waals surface area contributed by atoms with Gasteiger partial charge in [0.25, 0.3) is 5.91 Å². The topological polar surface area (TPSA) is 77.8 Å². The molecule has 96 valence electrons. The SMILES string of the molecule is Cc1ccc(O)c(C(=O)N2CCC(C(=O)O)C2)c1. The minimum atomic E-state index is -0.876. The van der Waals surface area contributed by atoms with Crippen LogP contribution in [0, 0.1) is 12.8 Å². The number of amides is 1. The first-order chi connectivity index (χ1) is 8.49. The highest BCUT2D eigenvalue weighted by Crippen LogP contribution is 2.24. The Morgan fingerprint density at radius 3 is 2.72 bits per heavy atom. The molecule has 1 atom stereocenters. The largest absolute Gasteiger partial charge is 0.507 e. The number of nitrogens with zero attached hydrogens (tertiary/aromatic N) is 1. The van der Waals surface area contributed by atoms with E-state index in [1.165, 1.54) is 11.0 Å². The van der Waals surface area contributed by atoms with Gasteiger partial charge in [-0.3, -0.25) is 9.59 Å². The lowest BCUT2D eigenvalue weighted by molar-refractivity contribution is -0.141. The summed E-state index contributed by atoms with van der Waals surface area (Å²) in [7, 11) is 0. The van der Waals surface area contributed by atoms with Crippen LogP contribution in [0.4, 0.5) is 0 Å². The molecule has 2 N–H and O–H groups in total. The van der Waals surface area contributed by atoms with E-state index in [1.54, 1.807) is 12.1 Å². The van der Waals surface area contributed by atoms with E-state index in [4.69, 9.17) is 5.11 Å². The third-order valence-electron chi connectivity index (χ3n) is 3.21. The fraction of sp³-hybridized carbons (Fsp3) is 0.385. The Kier molecular flexibility index (Phi) is 3.23. The fourth-order valence-electron chi connectivity index (χ4n) is 2.14. The normalized spacial score (nSPS) is 18.9. The third kappa shape index (κ3) is 2.30. The second-order valence-electron chi connectivity index (χ2n) is 4.60. The molecule has 0 saturated carbocycles. The molecule has 1 saturated heterocycles. The number of aromatic hydroxyl groups is 1. The van der Waals surface area contributed by atoms with Crippen LogP contribution in [-0.4, -0.2) is 40.1 Å². The van der Waals surface area contributed by atoms with E-state index < -0.39 is 11.9 Å². The number of carbonyl (C=O) groups is 2. The molecule has 5 nitrogen and oxygen atoms in total. The molecule has 0 radical (unpaired) electrons. The summed E-state index contributed by atoms with van der Waals surface area (Å²) in [5.74, 6) is -1.75. The lowest BCUT2D eigenvalue weighted by Crippen LogP contribution is -2.30. The van der Waals surface area contributed by atoms with Crippen LogP contribution >= 0.6 is 0 Å². The van der Waals surface area contributed by atoms with Gasteiger partial charge in [0.1, 0.15) is 5.75 Å². The van der Waals surface area contributed by atoms with Crippen molar-refractivity contribution in [2.24, 2.45) is 5.92 Å². The van der Waals surface area contributed by atoms with Crippen molar-refractivity contribution in [3.8, 4) is 5.75 Å². The van der Waals surface area contributed by atoms with Crippen molar-refractivity contribution in [2.75, 3.05) is 13.1 Å². The van der Waals surface area contributed by atoms with Crippen molar-refractivity contribution in [2.45, 2.75) is 13.3 Å². The molecule has 1 aliphatic rings. The predicted octanol–water partition coefficient (Wildman–Crippen LogP) is 1.25. The standard InChI is InChI=1S/C13H15NO4/c1-8-2-3-11(15)10(6-8)12(16)14-5-4-9(7-14)13(17)18/h2-3,6,9,15H,4-5,7H2,1H3,(H,17,18). The molecule has 1 aromatic carbocycles. The van der Waals surface area contributed by atoms with E-state index in [2.05, 4.69) is 0 Å². The fourth-order valence-corrected chi connectivity index (χ4v) is 2.14. The minimum Gasteiger partial charge on any atom is -0.507 e. The van der Waals surface area contributed by atoms with Gasteiger partial charge in [0, 0.05) is 13.1 Å². The van der Waals surface area contributed by atoms with Gasteiger partial charge in [0.05, 0.1) is 11.5 Å². The zero-order valence-electron chi connectivity index (χ0n) is 10.1. The lowest BCUT2D eigenvalue weighted by Gasteiger charge is -2.16. The first kappa shape index (κ1) is 12.4. The summed E-state index contributed by atoms with van der Waals surface area (Å²) in [6, 6.07) is 4.81. The number of phenols is 1. The average molecular weight is 249 g/mol. The summed E-state index contributed by atoms with van der Waals surface area (Å²) in [6.45, 7) is 2.46. The number of carboxylic acids is 1. The first-order valence-corrected chi connectivity index (χ1v) is 5.80. The molecule has 18 heavy (non-hydrogen) atoms. The summed E-state index contributed by atoms with van der Waals surface area (Å²) >= 11 is 0. The van der Waals surface area contributed by atoms with E-state index in [0.717, 1.165) is 5.56 Å². The van der Waals surface area contributed by atoms with Gasteiger partial charge in [-0.1, -0.05) is 11.6 Å². The van der Waals surface area contributed by atoms with Gasteiger partial charge in [0.15, 0.2) is 0 Å². The molecule has 0 aromatic heterocycles. The number of hydrogen-bond donors (Lipinski definition) is 2. The lowest BCUT2D eigenvalue weighted by atomic mass is 10.1. The molecule has 0 aliphatic carbocycles. The van der Waals surface area contributed by atoms with Gasteiger partial charge in [-0.2, -0.15) is 0 Å². The van der Waals surface area contributed by atoms with E-state index in [0.29, 0.717) is 13.0 Å². The molecule has 1 aromatic rings. The van der Waals surface area contributed by atoms with Gasteiger partial charge in [0.2, 0.25) is 0 Å². The molecule has 0 spiro atoms. The van der Waals surface area contributed by atoms with Crippen molar-refractivity contribution < 1.29 is 19.8 Å². The van der Waals surface area contributed by atoms with E-state index in [-0.39, 0.29) is 23.8 Å². The van der Waals surface area contributed by atoms with Crippen molar-refractivity contribution in [1.29, 1.82) is 0 Å². The number of phenolic OH excluding ortho intramolecular Hbond substituents is 1. The van der Waals surface area contributed by atoms with Crippen LogP contribution in [0.1, 0.15) is 22.3 Å². The quantitative estimate of drug-likeness (QED) is 0.826. The number of hydrogen-bond acceptors (Lipinski definition) is 3. The van der Waals surface area contributed by atoms with E-state index in [1.807, 2.05) is 6.92 Å². The maximum absolute atomic E-state index is 12.2. The van der Waals surface area contributed by atoms with Gasteiger partial charge in [-0.25, -0.2) is 0 Å². The Bertz CT molecular complexity index is 498. The second-order valence-corrected chi connectivity index (χ2v) is 4.60. The van der Waals surface area contributed by atoms with Crippen LogP contribution < -0.4 is 0 Å². The van der Waals surface area contributed by atoms with Crippen LogP contribution in [0.2, 0.25) is 0 Å². The Balaban J connectivity index is 2.17. The molecule has 1 fully saturated rings. The van der Waals surface area contributed by atoms with Crippen molar-refractivity contribution in [3.05, 3.63) is 29.3 Å². The van der Waals surface area contributed by atoms with Crippen molar-refractivity contribution in [1.82, 2.24) is 4.90 Å². The van der Waals surface area contributed by atoms with Crippen LogP contribution in [0.15, 0.2) is 18.2 Å². The monoisotopic (exact) mass is 249 g/mol. The van der Waals surface area contributed by atoms with Crippen LogP contribution in [0.3, 0.4) is 0 Å². The van der Waals surface area contributed by atoms with E-state index >= 15 is 0 Å². The maximum Gasteiger partial charge on any atom is 0.308 e. The number of carboxylic acid groups (broad SMARTS) is 1. The molecule has 1 heterocycles. The highest BCUT2D eigenvalue weighted by molar-refractivity contribution is 5.97. The molecule has 2 rings (SSSR count). The molecule has 5 heteroatoms. The Morgan fingerprint density at radius 2 is 2.11 bits per heavy atom. The maximum atomic E-state index is 12.2. The molecule has 0 bridgehead atoms. The molecule has 1 unspecified atom stereocenters. The molecular formula is C13H15NO4. The smallest absolute Gasteiger partial charge is 0.308 e. The van der Waals surface area contributed by atoms with E-state index in [9.17, 15) is 14.7 Å². The highest BCUT2D eigenvalue weighted by Gasteiger charge is 2.32. The number of rotatable bonds is 2. The third-order valence-corrected chi connectivity index (χ3v) is 3.21. The number of aliphatic carboxylic acids is 1. The summed E-state index contributed by atoms with van der Waals surface area (Å²) in [5.41, 5.74) is 1.12. The number of benzene rings is 1. The van der Waals surface area contributed by atoms with Gasteiger partial charge in [-0.15, -0.1) is 0 Å². The average Bonchev–Trinajstić information content (AvgIpc) is 2.81. The van der Waals surface area contributed by atoms with Gasteiger partial charge >= 0.3 is 5.97 Å².